The lowest BCUT2D eigenvalue weighted by molar-refractivity contribution is -0.0261. The van der Waals surface area contributed by atoms with Crippen molar-refractivity contribution in [2.45, 2.75) is 63.5 Å². The monoisotopic (exact) mass is 743 g/mol. The van der Waals surface area contributed by atoms with Gasteiger partial charge >= 0.3 is 6.01 Å². The van der Waals surface area contributed by atoms with E-state index < -0.39 is 17.2 Å². The normalized spacial score (nSPS) is 26.4. The summed E-state index contributed by atoms with van der Waals surface area (Å²) in [5.41, 5.74) is -1.75. The van der Waals surface area contributed by atoms with E-state index in [1.807, 2.05) is 4.90 Å². The summed E-state index contributed by atoms with van der Waals surface area (Å²) in [5, 5.41) is 22.7. The summed E-state index contributed by atoms with van der Waals surface area (Å²) >= 11 is 0. The number of aliphatic hydroxyl groups is 1. The molecule has 2 aromatic heterocycles. The molecule has 4 aromatic rings. The molecule has 4 atom stereocenters. The second kappa shape index (κ2) is 14.7. The van der Waals surface area contributed by atoms with E-state index in [0.717, 1.165) is 64.8 Å². The summed E-state index contributed by atoms with van der Waals surface area (Å²) in [5.74, 6) is 1.46. The molecule has 0 radical (unpaired) electrons. The number of phenolic OH excluding ortho intramolecular Hbond substituents is 1. The van der Waals surface area contributed by atoms with Gasteiger partial charge in [0.25, 0.3) is 0 Å². The third-order valence-corrected chi connectivity index (χ3v) is 11.8. The van der Waals surface area contributed by atoms with Gasteiger partial charge in [-0.1, -0.05) is 18.4 Å². The highest BCUT2D eigenvalue weighted by molar-refractivity contribution is 6.04. The number of methoxy groups -OCH3 is 1. The second-order valence-corrected chi connectivity index (χ2v) is 15.7. The van der Waals surface area contributed by atoms with Gasteiger partial charge in [-0.2, -0.15) is 9.97 Å². The highest BCUT2D eigenvalue weighted by atomic mass is 19.1. The molecule has 286 valence electrons. The van der Waals surface area contributed by atoms with E-state index in [4.69, 9.17) is 35.3 Å². The van der Waals surface area contributed by atoms with Crippen LogP contribution >= 0.6 is 0 Å². The predicted octanol–water partition coefficient (Wildman–Crippen LogP) is 5.85. The number of rotatable bonds is 8. The van der Waals surface area contributed by atoms with Gasteiger partial charge in [-0.05, 0) is 81.5 Å². The van der Waals surface area contributed by atoms with E-state index >= 15 is 8.78 Å². The molecular formula is C41H47F2N5O6. The third-order valence-electron chi connectivity index (χ3n) is 11.8. The number of hydrogen-bond donors (Lipinski definition) is 2. The molecule has 3 aliphatic heterocycles. The van der Waals surface area contributed by atoms with Crippen molar-refractivity contribution >= 4 is 27.5 Å². The van der Waals surface area contributed by atoms with Crippen LogP contribution in [0.4, 0.5) is 14.6 Å². The lowest BCUT2D eigenvalue weighted by Gasteiger charge is -2.47. The van der Waals surface area contributed by atoms with Crippen LogP contribution < -0.4 is 14.4 Å². The van der Waals surface area contributed by atoms with Gasteiger partial charge in [0.05, 0.1) is 45.6 Å². The summed E-state index contributed by atoms with van der Waals surface area (Å²) in [6, 6.07) is 5.74. The fourth-order valence-electron chi connectivity index (χ4n) is 9.38. The number of aromatic hydroxyl groups is 1. The molecule has 8 rings (SSSR count). The molecule has 2 aromatic carbocycles. The van der Waals surface area contributed by atoms with Crippen LogP contribution in [-0.4, -0.2) is 108 Å². The summed E-state index contributed by atoms with van der Waals surface area (Å²) in [4.78, 5) is 18.6. The summed E-state index contributed by atoms with van der Waals surface area (Å²) in [6.07, 6.45) is 13.3. The Kier molecular flexibility index (Phi) is 9.98. The van der Waals surface area contributed by atoms with E-state index in [-0.39, 0.29) is 81.7 Å². The number of benzene rings is 2. The Balaban J connectivity index is 1.24. The van der Waals surface area contributed by atoms with Crippen molar-refractivity contribution < 1.29 is 37.9 Å². The van der Waals surface area contributed by atoms with Gasteiger partial charge in [0, 0.05) is 42.1 Å². The molecule has 4 aliphatic rings. The van der Waals surface area contributed by atoms with Gasteiger partial charge in [0.15, 0.2) is 5.82 Å². The maximum absolute atomic E-state index is 17.3. The molecule has 1 aliphatic carbocycles. The van der Waals surface area contributed by atoms with Gasteiger partial charge in [-0.25, -0.2) is 13.8 Å². The second-order valence-electron chi connectivity index (χ2n) is 15.7. The number of fused-ring (bicyclic) bond motifs is 3. The Labute approximate surface area is 313 Å². The van der Waals surface area contributed by atoms with Crippen LogP contribution in [-0.2, 0) is 9.47 Å². The quantitative estimate of drug-likeness (QED) is 0.212. The number of ether oxygens (including phenoxy) is 4. The number of terminal acetylenes is 1. The number of phenols is 1. The fraction of sp³-hybridized carbons (Fsp3) is 0.537. The Bertz CT molecular complexity index is 2100. The van der Waals surface area contributed by atoms with Crippen LogP contribution in [0.25, 0.3) is 32.9 Å². The summed E-state index contributed by atoms with van der Waals surface area (Å²) < 4.78 is 56.3. The highest BCUT2D eigenvalue weighted by Gasteiger charge is 2.49. The molecule has 5 heterocycles. The first-order valence-corrected chi connectivity index (χ1v) is 19.0. The average molecular weight is 744 g/mol. The molecule has 1 unspecified atom stereocenters. The molecule has 2 N–H and O–H groups in total. The molecule has 0 spiro atoms. The van der Waals surface area contributed by atoms with Crippen molar-refractivity contribution in [3.05, 3.63) is 41.5 Å². The minimum absolute atomic E-state index is 0.00743. The first kappa shape index (κ1) is 36.6. The SMILES string of the molecule is C#Cc1c(F)ccc2cc(O)cc(-c3nc(OC)c4c(N5CCOC[C@@](C)(O)C5)nc(OC[C@]56CCC[C@H]5N(CC5CCCOC5)CCC6)nc4c3F)c12. The van der Waals surface area contributed by atoms with Crippen LogP contribution in [0.15, 0.2) is 24.3 Å². The number of nitrogens with zero attached hydrogens (tertiary/aromatic N) is 5. The van der Waals surface area contributed by atoms with Gasteiger partial charge < -0.3 is 34.1 Å². The smallest absolute Gasteiger partial charge is 0.319 e. The van der Waals surface area contributed by atoms with E-state index in [1.165, 1.54) is 37.8 Å². The van der Waals surface area contributed by atoms with E-state index in [0.29, 0.717) is 30.5 Å². The Hall–Kier alpha value is -4.35. The Morgan fingerprint density at radius 3 is 2.69 bits per heavy atom. The van der Waals surface area contributed by atoms with Crippen LogP contribution in [0.5, 0.6) is 17.6 Å². The lowest BCUT2D eigenvalue weighted by Crippen LogP contribution is -2.53. The van der Waals surface area contributed by atoms with Crippen LogP contribution in [0.3, 0.4) is 0 Å². The molecule has 54 heavy (non-hydrogen) atoms. The maximum Gasteiger partial charge on any atom is 0.319 e. The average Bonchev–Trinajstić information content (AvgIpc) is 3.52. The molecule has 1 saturated carbocycles. The molecule has 4 fully saturated rings. The van der Waals surface area contributed by atoms with Gasteiger partial charge in [-0.15, -0.1) is 6.42 Å². The zero-order valence-electron chi connectivity index (χ0n) is 30.9. The number of halogens is 2. The fourth-order valence-corrected chi connectivity index (χ4v) is 9.38. The molecule has 13 heteroatoms. The van der Waals surface area contributed by atoms with Crippen molar-refractivity contribution in [2.75, 3.05) is 71.2 Å². The van der Waals surface area contributed by atoms with E-state index in [2.05, 4.69) is 15.8 Å². The zero-order chi connectivity index (χ0) is 37.6. The minimum atomic E-state index is -1.24. The van der Waals surface area contributed by atoms with Crippen molar-refractivity contribution in [1.29, 1.82) is 0 Å². The van der Waals surface area contributed by atoms with Crippen molar-refractivity contribution in [3.63, 3.8) is 0 Å². The summed E-state index contributed by atoms with van der Waals surface area (Å²) in [7, 11) is 1.40. The number of likely N-dealkylation sites (tertiary alicyclic amines) is 1. The van der Waals surface area contributed by atoms with Crippen molar-refractivity contribution in [1.82, 2.24) is 19.9 Å². The topological polar surface area (TPSA) is 123 Å². The van der Waals surface area contributed by atoms with Gasteiger partial charge in [-0.3, -0.25) is 4.90 Å². The predicted molar refractivity (Wildman–Crippen MR) is 200 cm³/mol. The molecular weight excluding hydrogens is 696 g/mol. The number of anilines is 1. The molecule has 0 bridgehead atoms. The third kappa shape index (κ3) is 6.78. The number of pyridine rings is 1. The highest BCUT2D eigenvalue weighted by Crippen LogP contribution is 2.49. The zero-order valence-corrected chi connectivity index (χ0v) is 30.9. The van der Waals surface area contributed by atoms with Gasteiger partial charge in [0.1, 0.15) is 39.6 Å². The molecule has 3 saturated heterocycles. The van der Waals surface area contributed by atoms with Crippen LogP contribution in [0, 0.1) is 35.3 Å². The van der Waals surface area contributed by atoms with Crippen molar-refractivity contribution in [2.24, 2.45) is 11.3 Å². The number of hydrogen-bond acceptors (Lipinski definition) is 11. The van der Waals surface area contributed by atoms with Crippen LogP contribution in [0.1, 0.15) is 57.4 Å². The van der Waals surface area contributed by atoms with Crippen molar-refractivity contribution in [3.8, 4) is 41.2 Å². The Morgan fingerprint density at radius 1 is 1.04 bits per heavy atom. The first-order chi connectivity index (χ1) is 26.1. The lowest BCUT2D eigenvalue weighted by atomic mass is 9.75. The molecule has 0 amide bonds. The summed E-state index contributed by atoms with van der Waals surface area (Å²) in [6.45, 7) is 6.59. The van der Waals surface area contributed by atoms with E-state index in [1.54, 1.807) is 6.92 Å². The van der Waals surface area contributed by atoms with Gasteiger partial charge in [0.2, 0.25) is 5.88 Å². The van der Waals surface area contributed by atoms with Crippen LogP contribution in [0.2, 0.25) is 0 Å². The standard InChI is InChI=1S/C41H47F2N5O6/c1-4-28-30(42)11-10-26-18-27(49)19-29(32(26)28)35-34(43)36-33(38(44-35)51-3)37(48-15-17-53-23-40(2,50)22-48)46-39(45-36)54-24-41-12-5-9-31(41)47(14-7-13-41)20-25-8-6-16-52-21-25/h1,10-11,18-19,25,31,49-50H,5-9,12-17,20-24H2,2-3H3/t25?,31-,40+,41-/m1/s1. The molecule has 11 nitrogen and oxygen atoms in total. The number of aromatic nitrogens is 3. The minimum Gasteiger partial charge on any atom is -0.508 e. The number of β-amino-alcohol motifs (C(OH)–C–C–N with tert-alkyl or cyclic N) is 1. The maximum atomic E-state index is 17.3. The Morgan fingerprint density at radius 2 is 1.89 bits per heavy atom. The first-order valence-electron chi connectivity index (χ1n) is 19.0. The largest absolute Gasteiger partial charge is 0.508 e. The van der Waals surface area contributed by atoms with E-state index in [9.17, 15) is 10.2 Å². The number of piperidine rings is 1.